The maximum Gasteiger partial charge on any atom is 0.0834 e. The minimum atomic E-state index is 0.0666. The summed E-state index contributed by atoms with van der Waals surface area (Å²) in [4.78, 5) is 0. The predicted octanol–water partition coefficient (Wildman–Crippen LogP) is 3.62. The van der Waals surface area contributed by atoms with Gasteiger partial charge < -0.3 is 10.1 Å². The molecule has 0 aliphatic heterocycles. The van der Waals surface area contributed by atoms with Crippen LogP contribution in [0.4, 0.5) is 0 Å². The van der Waals surface area contributed by atoms with Gasteiger partial charge >= 0.3 is 0 Å². The van der Waals surface area contributed by atoms with Crippen LogP contribution in [0, 0.1) is 0 Å². The number of methoxy groups -OCH3 is 1. The van der Waals surface area contributed by atoms with Gasteiger partial charge in [-0.2, -0.15) is 11.3 Å². The Labute approximate surface area is 115 Å². The van der Waals surface area contributed by atoms with Gasteiger partial charge in [0.05, 0.1) is 5.60 Å². The number of hydrogen-bond donors (Lipinski definition) is 1. The fourth-order valence-corrected chi connectivity index (χ4v) is 3.76. The van der Waals surface area contributed by atoms with Crippen LogP contribution in [0.1, 0.15) is 44.6 Å². The molecule has 2 rings (SSSR count). The number of thiophene rings is 1. The van der Waals surface area contributed by atoms with Crippen LogP contribution in [0.2, 0.25) is 0 Å². The fourth-order valence-electron chi connectivity index (χ4n) is 3.08. The molecule has 1 aliphatic carbocycles. The third kappa shape index (κ3) is 3.14. The smallest absolute Gasteiger partial charge is 0.0834 e. The van der Waals surface area contributed by atoms with Crippen molar-refractivity contribution in [1.29, 1.82) is 0 Å². The number of ether oxygens (including phenoxy) is 1. The molecule has 3 heteroatoms. The first-order chi connectivity index (χ1) is 8.80. The molecule has 2 nitrogen and oxygen atoms in total. The molecule has 18 heavy (non-hydrogen) atoms. The molecule has 0 aromatic carbocycles. The van der Waals surface area contributed by atoms with Gasteiger partial charge in [-0.25, -0.2) is 0 Å². The SMILES string of the molecule is CCCNC(Cc1ccsc1)C1(OC)CCCC1. The zero-order valence-corrected chi connectivity index (χ0v) is 12.4. The molecule has 0 saturated heterocycles. The van der Waals surface area contributed by atoms with Crippen molar-refractivity contribution in [3.05, 3.63) is 22.4 Å². The van der Waals surface area contributed by atoms with E-state index in [-0.39, 0.29) is 5.60 Å². The number of nitrogens with one attached hydrogen (secondary N) is 1. The van der Waals surface area contributed by atoms with Crippen molar-refractivity contribution >= 4 is 11.3 Å². The van der Waals surface area contributed by atoms with Gasteiger partial charge in [0.2, 0.25) is 0 Å². The summed E-state index contributed by atoms with van der Waals surface area (Å²) in [7, 11) is 1.89. The Morgan fingerprint density at radius 1 is 1.44 bits per heavy atom. The van der Waals surface area contributed by atoms with Crippen molar-refractivity contribution in [3.63, 3.8) is 0 Å². The summed E-state index contributed by atoms with van der Waals surface area (Å²) in [6.07, 6.45) is 7.30. The van der Waals surface area contributed by atoms with E-state index < -0.39 is 0 Å². The van der Waals surface area contributed by atoms with E-state index >= 15 is 0 Å². The van der Waals surface area contributed by atoms with Crippen LogP contribution in [0.25, 0.3) is 0 Å². The second-order valence-electron chi connectivity index (χ2n) is 5.32. The highest BCUT2D eigenvalue weighted by atomic mass is 32.1. The lowest BCUT2D eigenvalue weighted by molar-refractivity contribution is -0.0354. The van der Waals surface area contributed by atoms with Gasteiger partial charge in [-0.05, 0) is 54.6 Å². The van der Waals surface area contributed by atoms with Crippen molar-refractivity contribution in [2.24, 2.45) is 0 Å². The summed E-state index contributed by atoms with van der Waals surface area (Å²) in [6.45, 7) is 3.31. The molecule has 1 atom stereocenters. The van der Waals surface area contributed by atoms with Gasteiger partial charge in [-0.3, -0.25) is 0 Å². The van der Waals surface area contributed by atoms with E-state index in [0.717, 1.165) is 13.0 Å². The van der Waals surface area contributed by atoms with Gasteiger partial charge in [0.15, 0.2) is 0 Å². The van der Waals surface area contributed by atoms with Crippen LogP contribution < -0.4 is 5.32 Å². The molecule has 1 aliphatic rings. The Hall–Kier alpha value is -0.380. The second kappa shape index (κ2) is 6.69. The van der Waals surface area contributed by atoms with Crippen molar-refractivity contribution in [3.8, 4) is 0 Å². The standard InChI is InChI=1S/C15H25NOS/c1-3-9-16-14(11-13-6-10-18-12-13)15(17-2)7-4-5-8-15/h6,10,12,14,16H,3-5,7-9,11H2,1-2H3. The maximum atomic E-state index is 5.95. The van der Waals surface area contributed by atoms with Crippen LogP contribution in [0.3, 0.4) is 0 Å². The van der Waals surface area contributed by atoms with E-state index in [2.05, 4.69) is 29.1 Å². The maximum absolute atomic E-state index is 5.95. The molecular weight excluding hydrogens is 242 g/mol. The van der Waals surface area contributed by atoms with Gasteiger partial charge in [0, 0.05) is 13.2 Å². The Bertz CT molecular complexity index is 330. The zero-order chi connectivity index (χ0) is 12.8. The quantitative estimate of drug-likeness (QED) is 0.814. The molecule has 1 heterocycles. The van der Waals surface area contributed by atoms with E-state index in [4.69, 9.17) is 4.74 Å². The van der Waals surface area contributed by atoms with Crippen LogP contribution in [-0.2, 0) is 11.2 Å². The van der Waals surface area contributed by atoms with Crippen molar-refractivity contribution in [2.45, 2.75) is 57.1 Å². The predicted molar refractivity (Wildman–Crippen MR) is 78.3 cm³/mol. The van der Waals surface area contributed by atoms with Gasteiger partial charge in [-0.15, -0.1) is 0 Å². The second-order valence-corrected chi connectivity index (χ2v) is 6.10. The molecule has 0 amide bonds. The van der Waals surface area contributed by atoms with Crippen molar-refractivity contribution in [2.75, 3.05) is 13.7 Å². The Morgan fingerprint density at radius 2 is 2.22 bits per heavy atom. The molecule has 1 N–H and O–H groups in total. The number of hydrogen-bond acceptors (Lipinski definition) is 3. The summed E-state index contributed by atoms with van der Waals surface area (Å²) >= 11 is 1.79. The highest BCUT2D eigenvalue weighted by Crippen LogP contribution is 2.37. The third-order valence-electron chi connectivity index (χ3n) is 4.15. The van der Waals surface area contributed by atoms with Gasteiger partial charge in [0.1, 0.15) is 0 Å². The van der Waals surface area contributed by atoms with E-state index in [9.17, 15) is 0 Å². The van der Waals surface area contributed by atoms with E-state index in [0.29, 0.717) is 6.04 Å². The topological polar surface area (TPSA) is 21.3 Å². The Kier molecular flexibility index (Phi) is 5.22. The van der Waals surface area contributed by atoms with Crippen molar-refractivity contribution in [1.82, 2.24) is 5.32 Å². The molecular formula is C15H25NOS. The van der Waals surface area contributed by atoms with Crippen LogP contribution in [-0.4, -0.2) is 25.3 Å². The van der Waals surface area contributed by atoms with E-state index in [1.54, 1.807) is 11.3 Å². The highest BCUT2D eigenvalue weighted by Gasteiger charge is 2.41. The summed E-state index contributed by atoms with van der Waals surface area (Å²) < 4.78 is 5.95. The lowest BCUT2D eigenvalue weighted by atomic mass is 9.87. The van der Waals surface area contributed by atoms with Crippen LogP contribution in [0.5, 0.6) is 0 Å². The molecule has 0 radical (unpaired) electrons. The summed E-state index contributed by atoms with van der Waals surface area (Å²) in [5, 5.41) is 8.15. The molecule has 0 bridgehead atoms. The van der Waals surface area contributed by atoms with Crippen LogP contribution >= 0.6 is 11.3 Å². The summed E-state index contributed by atoms with van der Waals surface area (Å²) in [6, 6.07) is 2.70. The average molecular weight is 267 g/mol. The highest BCUT2D eigenvalue weighted by molar-refractivity contribution is 7.07. The minimum absolute atomic E-state index is 0.0666. The Morgan fingerprint density at radius 3 is 2.78 bits per heavy atom. The lowest BCUT2D eigenvalue weighted by Gasteiger charge is -2.37. The van der Waals surface area contributed by atoms with Gasteiger partial charge in [0.25, 0.3) is 0 Å². The molecule has 1 fully saturated rings. The summed E-state index contributed by atoms with van der Waals surface area (Å²) in [5.74, 6) is 0. The zero-order valence-electron chi connectivity index (χ0n) is 11.6. The number of rotatable bonds is 7. The molecule has 102 valence electrons. The molecule has 1 saturated carbocycles. The lowest BCUT2D eigenvalue weighted by Crippen LogP contribution is -2.51. The molecule has 1 aromatic heterocycles. The summed E-state index contributed by atoms with van der Waals surface area (Å²) in [5.41, 5.74) is 1.51. The molecule has 1 aromatic rings. The fraction of sp³-hybridized carbons (Fsp3) is 0.733. The first kappa shape index (κ1) is 14.0. The first-order valence-corrected chi connectivity index (χ1v) is 8.04. The van der Waals surface area contributed by atoms with Crippen molar-refractivity contribution < 1.29 is 4.74 Å². The first-order valence-electron chi connectivity index (χ1n) is 7.10. The molecule has 1 unspecified atom stereocenters. The van der Waals surface area contributed by atoms with Gasteiger partial charge in [-0.1, -0.05) is 19.8 Å². The normalized spacial score (nSPS) is 20.1. The largest absolute Gasteiger partial charge is 0.377 e. The van der Waals surface area contributed by atoms with E-state index in [1.165, 1.54) is 37.7 Å². The Balaban J connectivity index is 2.07. The average Bonchev–Trinajstić information content (AvgIpc) is 3.05. The van der Waals surface area contributed by atoms with E-state index in [1.807, 2.05) is 7.11 Å². The van der Waals surface area contributed by atoms with Crippen LogP contribution in [0.15, 0.2) is 16.8 Å². The molecule has 0 spiro atoms. The monoisotopic (exact) mass is 267 g/mol. The third-order valence-corrected chi connectivity index (χ3v) is 4.88. The minimum Gasteiger partial charge on any atom is -0.377 e.